The monoisotopic (exact) mass is 448 g/mol. The van der Waals surface area contributed by atoms with Crippen LogP contribution in [-0.4, -0.2) is 38.1 Å². The van der Waals surface area contributed by atoms with Crippen LogP contribution in [0.25, 0.3) is 0 Å². The number of ether oxygens (including phenoxy) is 1. The number of nitrogens with one attached hydrogen (secondary N) is 3. The SMILES string of the molecule is CN=C(NCC(=O)NC(C)(C)C)NCc1cc(C)cc(OC)c1.I. The highest BCUT2D eigenvalue weighted by molar-refractivity contribution is 14.0. The number of benzene rings is 1. The molecule has 0 radical (unpaired) electrons. The van der Waals surface area contributed by atoms with E-state index in [0.717, 1.165) is 16.9 Å². The van der Waals surface area contributed by atoms with Gasteiger partial charge in [0.15, 0.2) is 5.96 Å². The van der Waals surface area contributed by atoms with Crippen molar-refractivity contribution in [3.63, 3.8) is 0 Å². The molecule has 0 unspecified atom stereocenters. The summed E-state index contributed by atoms with van der Waals surface area (Å²) in [6, 6.07) is 6.03. The van der Waals surface area contributed by atoms with E-state index in [1.165, 1.54) is 0 Å². The van der Waals surface area contributed by atoms with E-state index in [0.29, 0.717) is 12.5 Å². The first-order valence-corrected chi connectivity index (χ1v) is 7.63. The third kappa shape index (κ3) is 8.95. The summed E-state index contributed by atoms with van der Waals surface area (Å²) in [6.07, 6.45) is 0. The number of guanidine groups is 1. The zero-order valence-electron chi connectivity index (χ0n) is 15.3. The molecule has 1 aromatic rings. The second-order valence-electron chi connectivity index (χ2n) is 6.44. The lowest BCUT2D eigenvalue weighted by molar-refractivity contribution is -0.121. The number of aliphatic imine (C=N–C) groups is 1. The highest BCUT2D eigenvalue weighted by atomic mass is 127. The first-order chi connectivity index (χ1) is 10.7. The number of amides is 1. The molecule has 0 saturated carbocycles. The fourth-order valence-electron chi connectivity index (χ4n) is 2.08. The summed E-state index contributed by atoms with van der Waals surface area (Å²) in [5.41, 5.74) is 1.98. The summed E-state index contributed by atoms with van der Waals surface area (Å²) in [5, 5.41) is 9.08. The smallest absolute Gasteiger partial charge is 0.239 e. The number of halogens is 1. The maximum absolute atomic E-state index is 11.8. The Bertz CT molecular complexity index is 568. The number of hydrogen-bond donors (Lipinski definition) is 3. The molecule has 0 aliphatic rings. The molecular formula is C17H29IN4O2. The van der Waals surface area contributed by atoms with Crippen molar-refractivity contribution in [1.29, 1.82) is 0 Å². The van der Waals surface area contributed by atoms with E-state index in [1.807, 2.05) is 39.8 Å². The standard InChI is InChI=1S/C17H28N4O2.HI/c1-12-7-13(9-14(8-12)23-6)10-19-16(18-5)20-11-15(22)21-17(2,3)4;/h7-9H,10-11H2,1-6H3,(H,21,22)(H2,18,19,20);1H. The number of carbonyl (C=O) groups excluding carboxylic acids is 1. The lowest BCUT2D eigenvalue weighted by Gasteiger charge is -2.21. The van der Waals surface area contributed by atoms with Gasteiger partial charge in [0.05, 0.1) is 13.7 Å². The molecule has 0 saturated heterocycles. The van der Waals surface area contributed by atoms with Gasteiger partial charge in [-0.25, -0.2) is 0 Å². The predicted molar refractivity (Wildman–Crippen MR) is 109 cm³/mol. The van der Waals surface area contributed by atoms with E-state index >= 15 is 0 Å². The largest absolute Gasteiger partial charge is 0.497 e. The van der Waals surface area contributed by atoms with Crippen LogP contribution in [0, 0.1) is 6.92 Å². The molecule has 1 aromatic carbocycles. The van der Waals surface area contributed by atoms with Gasteiger partial charge in [-0.15, -0.1) is 24.0 Å². The van der Waals surface area contributed by atoms with Gasteiger partial charge in [-0.05, 0) is 51.0 Å². The van der Waals surface area contributed by atoms with Crippen molar-refractivity contribution >= 4 is 35.8 Å². The molecule has 136 valence electrons. The molecule has 0 bridgehead atoms. The molecule has 0 spiro atoms. The number of nitrogens with zero attached hydrogens (tertiary/aromatic N) is 1. The Labute approximate surface area is 161 Å². The Balaban J connectivity index is 0.00000529. The van der Waals surface area contributed by atoms with Gasteiger partial charge < -0.3 is 20.7 Å². The van der Waals surface area contributed by atoms with Crippen LogP contribution in [0.3, 0.4) is 0 Å². The van der Waals surface area contributed by atoms with Gasteiger partial charge in [-0.2, -0.15) is 0 Å². The summed E-state index contributed by atoms with van der Waals surface area (Å²) >= 11 is 0. The van der Waals surface area contributed by atoms with Crippen LogP contribution in [0.1, 0.15) is 31.9 Å². The molecule has 6 nitrogen and oxygen atoms in total. The van der Waals surface area contributed by atoms with Crippen molar-refractivity contribution in [1.82, 2.24) is 16.0 Å². The van der Waals surface area contributed by atoms with Gasteiger partial charge in [0.25, 0.3) is 0 Å². The average Bonchev–Trinajstić information content (AvgIpc) is 2.45. The lowest BCUT2D eigenvalue weighted by Crippen LogP contribution is -2.48. The van der Waals surface area contributed by atoms with Crippen LogP contribution in [0.4, 0.5) is 0 Å². The zero-order valence-corrected chi connectivity index (χ0v) is 17.6. The maximum atomic E-state index is 11.8. The van der Waals surface area contributed by atoms with Crippen LogP contribution in [0.5, 0.6) is 5.75 Å². The van der Waals surface area contributed by atoms with Crippen molar-refractivity contribution in [2.75, 3.05) is 20.7 Å². The molecule has 0 atom stereocenters. The molecule has 7 heteroatoms. The normalized spacial score (nSPS) is 11.3. The first-order valence-electron chi connectivity index (χ1n) is 7.63. The zero-order chi connectivity index (χ0) is 17.5. The third-order valence-corrected chi connectivity index (χ3v) is 2.96. The summed E-state index contributed by atoms with van der Waals surface area (Å²) in [7, 11) is 3.33. The molecule has 3 N–H and O–H groups in total. The number of aryl methyl sites for hydroxylation is 1. The van der Waals surface area contributed by atoms with Gasteiger partial charge in [0, 0.05) is 19.1 Å². The average molecular weight is 448 g/mol. The van der Waals surface area contributed by atoms with Gasteiger partial charge in [0.1, 0.15) is 5.75 Å². The van der Waals surface area contributed by atoms with Crippen molar-refractivity contribution in [3.8, 4) is 5.75 Å². The summed E-state index contributed by atoms with van der Waals surface area (Å²) in [4.78, 5) is 15.9. The number of carbonyl (C=O) groups is 1. The number of rotatable bonds is 5. The van der Waals surface area contributed by atoms with Gasteiger partial charge in [-0.3, -0.25) is 9.79 Å². The van der Waals surface area contributed by atoms with E-state index in [-0.39, 0.29) is 42.0 Å². The van der Waals surface area contributed by atoms with Crippen molar-refractivity contribution in [2.24, 2.45) is 4.99 Å². The molecule has 0 aliphatic carbocycles. The van der Waals surface area contributed by atoms with E-state index < -0.39 is 0 Å². The molecule has 24 heavy (non-hydrogen) atoms. The Hall–Kier alpha value is -1.51. The lowest BCUT2D eigenvalue weighted by atomic mass is 10.1. The van der Waals surface area contributed by atoms with Crippen LogP contribution >= 0.6 is 24.0 Å². The molecule has 0 aromatic heterocycles. The minimum atomic E-state index is -0.242. The fraction of sp³-hybridized carbons (Fsp3) is 0.529. The predicted octanol–water partition coefficient (Wildman–Crippen LogP) is 2.20. The molecule has 0 aliphatic heterocycles. The topological polar surface area (TPSA) is 74.8 Å². The minimum Gasteiger partial charge on any atom is -0.497 e. The third-order valence-electron chi connectivity index (χ3n) is 2.96. The molecule has 0 heterocycles. The highest BCUT2D eigenvalue weighted by Gasteiger charge is 2.13. The van der Waals surface area contributed by atoms with Crippen LogP contribution < -0.4 is 20.7 Å². The van der Waals surface area contributed by atoms with Gasteiger partial charge >= 0.3 is 0 Å². The number of hydrogen-bond acceptors (Lipinski definition) is 3. The van der Waals surface area contributed by atoms with Crippen molar-refractivity contribution < 1.29 is 9.53 Å². The molecule has 0 fully saturated rings. The van der Waals surface area contributed by atoms with Crippen LogP contribution in [0.15, 0.2) is 23.2 Å². The van der Waals surface area contributed by atoms with Gasteiger partial charge in [-0.1, -0.05) is 6.07 Å². The fourth-order valence-corrected chi connectivity index (χ4v) is 2.08. The Morgan fingerprint density at radius 2 is 1.88 bits per heavy atom. The van der Waals surface area contributed by atoms with Gasteiger partial charge in [0.2, 0.25) is 5.91 Å². The van der Waals surface area contributed by atoms with E-state index in [4.69, 9.17) is 4.74 Å². The van der Waals surface area contributed by atoms with Crippen molar-refractivity contribution in [2.45, 2.75) is 39.8 Å². The summed E-state index contributed by atoms with van der Waals surface area (Å²) in [6.45, 7) is 8.64. The summed E-state index contributed by atoms with van der Waals surface area (Å²) < 4.78 is 5.27. The second kappa shape index (κ2) is 10.4. The molecular weight excluding hydrogens is 419 g/mol. The Kier molecular flexibility index (Phi) is 9.72. The van der Waals surface area contributed by atoms with E-state index in [9.17, 15) is 4.79 Å². The van der Waals surface area contributed by atoms with Crippen LogP contribution in [0.2, 0.25) is 0 Å². The minimum absolute atomic E-state index is 0. The quantitative estimate of drug-likeness (QED) is 0.367. The summed E-state index contributed by atoms with van der Waals surface area (Å²) in [5.74, 6) is 1.33. The first kappa shape index (κ1) is 22.5. The second-order valence-corrected chi connectivity index (χ2v) is 6.44. The Morgan fingerprint density at radius 1 is 1.21 bits per heavy atom. The molecule has 1 amide bonds. The Morgan fingerprint density at radius 3 is 2.42 bits per heavy atom. The number of methoxy groups -OCH3 is 1. The highest BCUT2D eigenvalue weighted by Crippen LogP contribution is 2.16. The van der Waals surface area contributed by atoms with Crippen molar-refractivity contribution in [3.05, 3.63) is 29.3 Å². The van der Waals surface area contributed by atoms with E-state index in [1.54, 1.807) is 14.2 Å². The van der Waals surface area contributed by atoms with E-state index in [2.05, 4.69) is 27.0 Å². The maximum Gasteiger partial charge on any atom is 0.239 e. The van der Waals surface area contributed by atoms with Crippen LogP contribution in [-0.2, 0) is 11.3 Å². The molecule has 1 rings (SSSR count).